The van der Waals surface area contributed by atoms with Gasteiger partial charge >= 0.3 is 0 Å². The summed E-state index contributed by atoms with van der Waals surface area (Å²) in [4.78, 5) is 16.8. The van der Waals surface area contributed by atoms with E-state index in [9.17, 15) is 4.79 Å². The van der Waals surface area contributed by atoms with Crippen molar-refractivity contribution in [1.82, 2.24) is 9.80 Å². The van der Waals surface area contributed by atoms with Gasteiger partial charge in [-0.2, -0.15) is 0 Å². The minimum atomic E-state index is -0.0226. The van der Waals surface area contributed by atoms with E-state index in [-0.39, 0.29) is 24.4 Å². The quantitative estimate of drug-likeness (QED) is 0.671. The third-order valence-electron chi connectivity index (χ3n) is 4.93. The second-order valence-electron chi connectivity index (χ2n) is 6.53. The summed E-state index contributed by atoms with van der Waals surface area (Å²) in [7, 11) is 0. The molecule has 4 rings (SSSR count). The largest absolute Gasteiger partial charge is 1.00 e. The van der Waals surface area contributed by atoms with Gasteiger partial charge in [0.15, 0.2) is 5.76 Å². The summed E-state index contributed by atoms with van der Waals surface area (Å²) in [5.74, 6) is 0.395. The number of hydrogen-bond acceptors (Lipinski definition) is 3. The van der Waals surface area contributed by atoms with Crippen molar-refractivity contribution in [3.8, 4) is 0 Å². The van der Waals surface area contributed by atoms with E-state index in [0.717, 1.165) is 13.1 Å². The van der Waals surface area contributed by atoms with E-state index in [1.54, 1.807) is 18.4 Å². The molecule has 0 N–H and O–H groups in total. The molecular weight excluding hydrogens is 360 g/mol. The van der Waals surface area contributed by atoms with E-state index < -0.39 is 0 Å². The van der Waals surface area contributed by atoms with Gasteiger partial charge in [-0.15, -0.1) is 0 Å². The van der Waals surface area contributed by atoms with Crippen LogP contribution >= 0.6 is 0 Å². The first-order chi connectivity index (χ1) is 12.8. The Hall–Kier alpha value is -2.56. The molecule has 140 valence electrons. The van der Waals surface area contributed by atoms with Crippen LogP contribution in [0.4, 0.5) is 0 Å². The summed E-state index contributed by atoms with van der Waals surface area (Å²) < 4.78 is 5.26. The smallest absolute Gasteiger partial charge is 0.289 e. The van der Waals surface area contributed by atoms with Crippen molar-refractivity contribution >= 4 is 5.91 Å². The lowest BCUT2D eigenvalue weighted by Crippen LogP contribution is -3.00. The summed E-state index contributed by atoms with van der Waals surface area (Å²) in [5.41, 5.74) is 2.56. The Balaban J connectivity index is 0.00000210. The van der Waals surface area contributed by atoms with Gasteiger partial charge in [-0.1, -0.05) is 60.7 Å². The predicted octanol–water partition coefficient (Wildman–Crippen LogP) is 0.831. The molecule has 0 saturated carbocycles. The van der Waals surface area contributed by atoms with Crippen LogP contribution in [-0.2, 0) is 0 Å². The molecular formula is C22H22ClN2O2-. The molecule has 1 aromatic heterocycles. The maximum atomic E-state index is 12.5. The Labute approximate surface area is 165 Å². The third-order valence-corrected chi connectivity index (χ3v) is 4.93. The average molecular weight is 382 g/mol. The van der Waals surface area contributed by atoms with Gasteiger partial charge in [0.2, 0.25) is 0 Å². The Bertz CT molecular complexity index is 790. The number of furan rings is 1. The molecule has 5 heteroatoms. The van der Waals surface area contributed by atoms with Crippen molar-refractivity contribution in [2.24, 2.45) is 0 Å². The monoisotopic (exact) mass is 381 g/mol. The first-order valence-electron chi connectivity index (χ1n) is 8.99. The zero-order valence-electron chi connectivity index (χ0n) is 15.0. The Morgan fingerprint density at radius 1 is 0.778 bits per heavy atom. The number of halogens is 1. The van der Waals surface area contributed by atoms with Crippen LogP contribution in [-0.4, -0.2) is 41.9 Å². The van der Waals surface area contributed by atoms with Gasteiger partial charge in [0.1, 0.15) is 0 Å². The Morgan fingerprint density at radius 3 is 1.81 bits per heavy atom. The normalized spacial score (nSPS) is 14.8. The van der Waals surface area contributed by atoms with Crippen molar-refractivity contribution < 1.29 is 21.6 Å². The fourth-order valence-corrected chi connectivity index (χ4v) is 3.62. The lowest BCUT2D eigenvalue weighted by Gasteiger charge is -2.39. The maximum Gasteiger partial charge on any atom is 0.289 e. The zero-order valence-corrected chi connectivity index (χ0v) is 15.8. The number of piperazine rings is 1. The van der Waals surface area contributed by atoms with Crippen LogP contribution in [0, 0.1) is 0 Å². The second kappa shape index (κ2) is 8.89. The first kappa shape index (κ1) is 19.2. The predicted molar refractivity (Wildman–Crippen MR) is 101 cm³/mol. The molecule has 0 radical (unpaired) electrons. The number of rotatable bonds is 4. The van der Waals surface area contributed by atoms with Gasteiger partial charge in [-0.3, -0.25) is 9.69 Å². The van der Waals surface area contributed by atoms with Crippen LogP contribution < -0.4 is 12.4 Å². The van der Waals surface area contributed by atoms with Gasteiger partial charge in [0, 0.05) is 26.2 Å². The molecule has 4 nitrogen and oxygen atoms in total. The van der Waals surface area contributed by atoms with Crippen molar-refractivity contribution in [3.05, 3.63) is 95.9 Å². The fourth-order valence-electron chi connectivity index (χ4n) is 3.62. The van der Waals surface area contributed by atoms with Crippen molar-refractivity contribution in [1.29, 1.82) is 0 Å². The standard InChI is InChI=1S/C22H22N2O2.ClH/c25-22(20-12-7-17-26-20)24-15-13-23(14-16-24)21(18-8-3-1-4-9-18)19-10-5-2-6-11-19;/h1-12,17,21H,13-16H2;1H/p-1. The lowest BCUT2D eigenvalue weighted by atomic mass is 9.96. The molecule has 1 saturated heterocycles. The van der Waals surface area contributed by atoms with Crippen LogP contribution in [0.15, 0.2) is 83.5 Å². The van der Waals surface area contributed by atoms with E-state index in [2.05, 4.69) is 53.4 Å². The number of amides is 1. The summed E-state index contributed by atoms with van der Waals surface area (Å²) in [5, 5.41) is 0. The molecule has 2 heterocycles. The molecule has 0 bridgehead atoms. The van der Waals surface area contributed by atoms with Gasteiger partial charge in [-0.05, 0) is 23.3 Å². The molecule has 3 aromatic rings. The first-order valence-corrected chi connectivity index (χ1v) is 8.99. The third kappa shape index (κ3) is 4.24. The number of benzene rings is 2. The molecule has 2 aromatic carbocycles. The highest BCUT2D eigenvalue weighted by Gasteiger charge is 2.29. The zero-order chi connectivity index (χ0) is 17.8. The summed E-state index contributed by atoms with van der Waals surface area (Å²) in [6.07, 6.45) is 1.55. The van der Waals surface area contributed by atoms with Crippen molar-refractivity contribution in [2.75, 3.05) is 26.2 Å². The van der Waals surface area contributed by atoms with Gasteiger partial charge in [-0.25, -0.2) is 0 Å². The van der Waals surface area contributed by atoms with Crippen molar-refractivity contribution in [2.45, 2.75) is 6.04 Å². The van der Waals surface area contributed by atoms with E-state index in [1.807, 2.05) is 17.0 Å². The van der Waals surface area contributed by atoms with E-state index >= 15 is 0 Å². The molecule has 0 unspecified atom stereocenters. The highest BCUT2D eigenvalue weighted by atomic mass is 35.5. The van der Waals surface area contributed by atoms with Crippen LogP contribution in [0.3, 0.4) is 0 Å². The maximum absolute atomic E-state index is 12.5. The van der Waals surface area contributed by atoms with Gasteiger partial charge in [0.25, 0.3) is 5.91 Å². The molecule has 0 atom stereocenters. The number of hydrogen-bond donors (Lipinski definition) is 0. The van der Waals surface area contributed by atoms with Crippen LogP contribution in [0.2, 0.25) is 0 Å². The number of carbonyl (C=O) groups is 1. The summed E-state index contributed by atoms with van der Waals surface area (Å²) in [6, 6.07) is 24.8. The van der Waals surface area contributed by atoms with Crippen molar-refractivity contribution in [3.63, 3.8) is 0 Å². The molecule has 1 amide bonds. The molecule has 0 spiro atoms. The molecule has 1 aliphatic rings. The highest BCUT2D eigenvalue weighted by molar-refractivity contribution is 5.91. The lowest BCUT2D eigenvalue weighted by molar-refractivity contribution is -0.0000160. The Morgan fingerprint density at radius 2 is 1.33 bits per heavy atom. The molecule has 1 aliphatic heterocycles. The molecule has 1 fully saturated rings. The molecule has 27 heavy (non-hydrogen) atoms. The van der Waals surface area contributed by atoms with E-state index in [1.165, 1.54) is 11.1 Å². The highest BCUT2D eigenvalue weighted by Crippen LogP contribution is 2.29. The fraction of sp³-hybridized carbons (Fsp3) is 0.227. The minimum absolute atomic E-state index is 0. The topological polar surface area (TPSA) is 36.7 Å². The SMILES string of the molecule is O=C(c1ccco1)N1CCN(C(c2ccccc2)c2ccccc2)CC1.[Cl-]. The van der Waals surface area contributed by atoms with Gasteiger partial charge < -0.3 is 21.7 Å². The van der Waals surface area contributed by atoms with Crippen LogP contribution in [0.5, 0.6) is 0 Å². The average Bonchev–Trinajstić information content (AvgIpc) is 3.25. The van der Waals surface area contributed by atoms with E-state index in [4.69, 9.17) is 4.42 Å². The molecule has 0 aliphatic carbocycles. The van der Waals surface area contributed by atoms with Crippen LogP contribution in [0.1, 0.15) is 27.7 Å². The van der Waals surface area contributed by atoms with Crippen LogP contribution in [0.25, 0.3) is 0 Å². The van der Waals surface area contributed by atoms with Gasteiger partial charge in [0.05, 0.1) is 12.3 Å². The second-order valence-corrected chi connectivity index (χ2v) is 6.53. The number of carbonyl (C=O) groups excluding carboxylic acids is 1. The number of nitrogens with zero attached hydrogens (tertiary/aromatic N) is 2. The van der Waals surface area contributed by atoms with E-state index in [0.29, 0.717) is 18.8 Å². The Kier molecular flexibility index (Phi) is 6.32. The minimum Gasteiger partial charge on any atom is -1.00 e. The summed E-state index contributed by atoms with van der Waals surface area (Å²) in [6.45, 7) is 3.08. The summed E-state index contributed by atoms with van der Waals surface area (Å²) >= 11 is 0.